The normalized spacial score (nSPS) is 17.1. The molecule has 0 aliphatic heterocycles. The molecule has 6 nitrogen and oxygen atoms in total. The van der Waals surface area contributed by atoms with Crippen LogP contribution in [0, 0.1) is 0 Å². The molecule has 1 aliphatic rings. The first-order valence-corrected chi connectivity index (χ1v) is 7.67. The van der Waals surface area contributed by atoms with E-state index in [4.69, 9.17) is 10.5 Å². The van der Waals surface area contributed by atoms with Crippen LogP contribution in [0.1, 0.15) is 43.0 Å². The lowest BCUT2D eigenvalue weighted by molar-refractivity contribution is 0.0526. The molecule has 1 aliphatic carbocycles. The molecule has 0 aromatic carbocycles. The van der Waals surface area contributed by atoms with Crippen molar-refractivity contribution in [3.05, 3.63) is 11.8 Å². The highest BCUT2D eigenvalue weighted by Crippen LogP contribution is 2.34. The van der Waals surface area contributed by atoms with E-state index in [1.807, 2.05) is 0 Å². The lowest BCUT2D eigenvalue weighted by Crippen LogP contribution is -2.27. The summed E-state index contributed by atoms with van der Waals surface area (Å²) in [4.78, 5) is 19.7. The van der Waals surface area contributed by atoms with Crippen molar-refractivity contribution in [3.8, 4) is 0 Å². The average Bonchev–Trinajstić information content (AvgIpc) is 2.84. The van der Waals surface area contributed by atoms with Crippen molar-refractivity contribution >= 4 is 23.5 Å². The van der Waals surface area contributed by atoms with Gasteiger partial charge in [-0.05, 0) is 19.8 Å². The molecular weight excluding hydrogens is 278 g/mol. The van der Waals surface area contributed by atoms with Crippen LogP contribution in [0.25, 0.3) is 0 Å². The number of aromatic nitrogens is 2. The number of anilines is 1. The van der Waals surface area contributed by atoms with Crippen molar-refractivity contribution in [2.24, 2.45) is 0 Å². The van der Waals surface area contributed by atoms with Gasteiger partial charge in [-0.3, -0.25) is 0 Å². The Balaban J connectivity index is 2.00. The Morgan fingerprint density at radius 3 is 2.85 bits per heavy atom. The van der Waals surface area contributed by atoms with Crippen molar-refractivity contribution in [1.82, 2.24) is 9.97 Å². The first kappa shape index (κ1) is 15.1. The predicted octanol–water partition coefficient (Wildman–Crippen LogP) is 1.63. The van der Waals surface area contributed by atoms with Gasteiger partial charge < -0.3 is 15.6 Å². The molecule has 110 valence electrons. The lowest BCUT2D eigenvalue weighted by atomic mass is 10.1. The summed E-state index contributed by atoms with van der Waals surface area (Å²) in [6.07, 6.45) is 5.12. The maximum atomic E-state index is 11.6. The number of rotatable bonds is 5. The van der Waals surface area contributed by atoms with Crippen molar-refractivity contribution in [2.75, 3.05) is 18.1 Å². The number of esters is 1. The second-order valence-corrected chi connectivity index (χ2v) is 5.83. The summed E-state index contributed by atoms with van der Waals surface area (Å²) in [7, 11) is 0. The minimum atomic E-state index is -0.622. The third-order valence-corrected chi connectivity index (χ3v) is 4.43. The fourth-order valence-corrected chi connectivity index (χ4v) is 3.17. The molecule has 0 atom stereocenters. The highest BCUT2D eigenvalue weighted by Gasteiger charge is 2.31. The van der Waals surface area contributed by atoms with Crippen LogP contribution in [-0.4, -0.2) is 39.0 Å². The number of carbonyl (C=O) groups excluding carboxylic acids is 1. The minimum Gasteiger partial charge on any atom is -0.462 e. The average molecular weight is 297 g/mol. The maximum absolute atomic E-state index is 11.6. The first-order valence-electron chi connectivity index (χ1n) is 6.69. The van der Waals surface area contributed by atoms with Gasteiger partial charge in [0.1, 0.15) is 11.4 Å². The van der Waals surface area contributed by atoms with Gasteiger partial charge in [0.05, 0.1) is 12.2 Å². The predicted molar refractivity (Wildman–Crippen MR) is 76.5 cm³/mol. The molecule has 1 heterocycles. The second-order valence-electron chi connectivity index (χ2n) is 4.89. The summed E-state index contributed by atoms with van der Waals surface area (Å²) in [5, 5.41) is 10.7. The molecule has 0 saturated heterocycles. The number of hydrogen-bond acceptors (Lipinski definition) is 7. The van der Waals surface area contributed by atoms with E-state index in [9.17, 15) is 9.90 Å². The lowest BCUT2D eigenvalue weighted by Gasteiger charge is -2.20. The SMILES string of the molecule is CCOC(=O)c1cnc(SCC2(O)CCCC2)nc1N. The molecule has 0 spiro atoms. The Morgan fingerprint density at radius 1 is 1.55 bits per heavy atom. The van der Waals surface area contributed by atoms with E-state index >= 15 is 0 Å². The van der Waals surface area contributed by atoms with E-state index in [0.29, 0.717) is 10.9 Å². The maximum Gasteiger partial charge on any atom is 0.343 e. The number of nitrogens with two attached hydrogens (primary N) is 1. The van der Waals surface area contributed by atoms with Crippen molar-refractivity contribution in [2.45, 2.75) is 43.4 Å². The molecule has 2 rings (SSSR count). The van der Waals surface area contributed by atoms with Crippen LogP contribution in [0.3, 0.4) is 0 Å². The van der Waals surface area contributed by atoms with E-state index in [2.05, 4.69) is 9.97 Å². The third-order valence-electron chi connectivity index (χ3n) is 3.30. The van der Waals surface area contributed by atoms with E-state index in [-0.39, 0.29) is 18.0 Å². The first-order chi connectivity index (χ1) is 9.54. The van der Waals surface area contributed by atoms with Crippen LogP contribution >= 0.6 is 11.8 Å². The fourth-order valence-electron chi connectivity index (χ4n) is 2.19. The van der Waals surface area contributed by atoms with Gasteiger partial charge in [0, 0.05) is 11.9 Å². The van der Waals surface area contributed by atoms with Crippen molar-refractivity contribution < 1.29 is 14.6 Å². The summed E-state index contributed by atoms with van der Waals surface area (Å²) in [5.74, 6) is 0.140. The Hall–Kier alpha value is -1.34. The molecule has 1 fully saturated rings. The fraction of sp³-hybridized carbons (Fsp3) is 0.615. The van der Waals surface area contributed by atoms with E-state index in [0.717, 1.165) is 25.7 Å². The van der Waals surface area contributed by atoms with Crippen LogP contribution in [0.2, 0.25) is 0 Å². The number of carbonyl (C=O) groups is 1. The molecule has 1 aromatic heterocycles. The van der Waals surface area contributed by atoms with E-state index in [1.54, 1.807) is 6.92 Å². The Kier molecular flexibility index (Phi) is 4.82. The highest BCUT2D eigenvalue weighted by atomic mass is 32.2. The smallest absolute Gasteiger partial charge is 0.343 e. The third kappa shape index (κ3) is 3.61. The van der Waals surface area contributed by atoms with Crippen LogP contribution in [-0.2, 0) is 4.74 Å². The van der Waals surface area contributed by atoms with Gasteiger partial charge in [-0.2, -0.15) is 0 Å². The second kappa shape index (κ2) is 6.41. The number of thioether (sulfide) groups is 1. The van der Waals surface area contributed by atoms with E-state index < -0.39 is 11.6 Å². The monoisotopic (exact) mass is 297 g/mol. The zero-order valence-electron chi connectivity index (χ0n) is 11.5. The summed E-state index contributed by atoms with van der Waals surface area (Å²) < 4.78 is 4.86. The molecule has 3 N–H and O–H groups in total. The Bertz CT molecular complexity index is 490. The standard InChI is InChI=1S/C13H19N3O3S/c1-2-19-11(17)9-7-15-12(16-10(9)14)20-8-13(18)5-3-4-6-13/h7,18H,2-6,8H2,1H3,(H2,14,15,16). The molecular formula is C13H19N3O3S. The molecule has 0 amide bonds. The summed E-state index contributed by atoms with van der Waals surface area (Å²) in [6.45, 7) is 2.00. The summed E-state index contributed by atoms with van der Waals surface area (Å²) >= 11 is 1.36. The molecule has 1 aromatic rings. The van der Waals surface area contributed by atoms with Crippen LogP contribution in [0.5, 0.6) is 0 Å². The molecule has 1 saturated carbocycles. The van der Waals surface area contributed by atoms with Gasteiger partial charge >= 0.3 is 5.97 Å². The van der Waals surface area contributed by atoms with Crippen molar-refractivity contribution in [1.29, 1.82) is 0 Å². The quantitative estimate of drug-likeness (QED) is 0.484. The van der Waals surface area contributed by atoms with Crippen LogP contribution in [0.15, 0.2) is 11.4 Å². The number of ether oxygens (including phenoxy) is 1. The largest absolute Gasteiger partial charge is 0.462 e. The topological polar surface area (TPSA) is 98.3 Å². The van der Waals surface area contributed by atoms with Gasteiger partial charge in [-0.15, -0.1) is 0 Å². The molecule has 0 radical (unpaired) electrons. The van der Waals surface area contributed by atoms with Gasteiger partial charge in [-0.25, -0.2) is 14.8 Å². The minimum absolute atomic E-state index is 0.111. The number of nitrogen functional groups attached to an aromatic ring is 1. The van der Waals surface area contributed by atoms with E-state index in [1.165, 1.54) is 18.0 Å². The Labute approximate surface area is 122 Å². The van der Waals surface area contributed by atoms with Gasteiger partial charge in [0.25, 0.3) is 0 Å². The summed E-state index contributed by atoms with van der Waals surface area (Å²) in [5.41, 5.74) is 5.30. The van der Waals surface area contributed by atoms with Crippen molar-refractivity contribution in [3.63, 3.8) is 0 Å². The molecule has 7 heteroatoms. The Morgan fingerprint density at radius 2 is 2.25 bits per heavy atom. The molecule has 0 unspecified atom stereocenters. The van der Waals surface area contributed by atoms with Crippen LogP contribution < -0.4 is 5.73 Å². The van der Waals surface area contributed by atoms with Gasteiger partial charge in [0.2, 0.25) is 0 Å². The number of aliphatic hydroxyl groups is 1. The van der Waals surface area contributed by atoms with Crippen LogP contribution in [0.4, 0.5) is 5.82 Å². The number of hydrogen-bond donors (Lipinski definition) is 2. The van der Waals surface area contributed by atoms with Gasteiger partial charge in [-0.1, -0.05) is 24.6 Å². The molecule has 0 bridgehead atoms. The summed E-state index contributed by atoms with van der Waals surface area (Å²) in [6, 6.07) is 0. The van der Waals surface area contributed by atoms with Gasteiger partial charge in [0.15, 0.2) is 5.16 Å². The molecule has 20 heavy (non-hydrogen) atoms. The zero-order chi connectivity index (χ0) is 14.6. The highest BCUT2D eigenvalue weighted by molar-refractivity contribution is 7.99. The zero-order valence-corrected chi connectivity index (χ0v) is 12.3. The number of nitrogens with zero attached hydrogens (tertiary/aromatic N) is 2.